The highest BCUT2D eigenvalue weighted by atomic mass is 16.4. The van der Waals surface area contributed by atoms with E-state index < -0.39 is 12.0 Å². The van der Waals surface area contributed by atoms with E-state index in [9.17, 15) is 9.59 Å². The Morgan fingerprint density at radius 2 is 2.24 bits per heavy atom. The van der Waals surface area contributed by atoms with Gasteiger partial charge in [0.25, 0.3) is 0 Å². The van der Waals surface area contributed by atoms with Crippen LogP contribution in [0.4, 0.5) is 0 Å². The van der Waals surface area contributed by atoms with Gasteiger partial charge in [0.15, 0.2) is 7.98 Å². The average molecular weight is 292 g/mol. The predicted molar refractivity (Wildman–Crippen MR) is 79.8 cm³/mol. The molecule has 1 fully saturated rings. The molecule has 1 aliphatic heterocycles. The number of nitrogens with one attached hydrogen (secondary N) is 1. The van der Waals surface area contributed by atoms with E-state index in [4.69, 9.17) is 24.7 Å². The number of carbonyl (C=O) groups excluding carboxylic acids is 1. The van der Waals surface area contributed by atoms with Gasteiger partial charge in [-0.1, -0.05) is 6.82 Å². The molecule has 3 atom stereocenters. The number of hydrazine groups is 1. The van der Waals surface area contributed by atoms with Crippen molar-refractivity contribution in [1.82, 2.24) is 15.0 Å². The van der Waals surface area contributed by atoms with Crippen LogP contribution >= 0.6 is 0 Å². The summed E-state index contributed by atoms with van der Waals surface area (Å²) in [5.41, 5.74) is 5.83. The van der Waals surface area contributed by atoms with Crippen molar-refractivity contribution < 1.29 is 14.7 Å². The first-order chi connectivity index (χ1) is 9.77. The molecule has 3 radical (unpaired) electrons. The van der Waals surface area contributed by atoms with E-state index in [1.807, 2.05) is 0 Å². The van der Waals surface area contributed by atoms with Gasteiger partial charge >= 0.3 is 5.97 Å². The predicted octanol–water partition coefficient (Wildman–Crippen LogP) is -2.21. The topological polar surface area (TPSA) is 125 Å². The Labute approximate surface area is 126 Å². The van der Waals surface area contributed by atoms with Gasteiger partial charge in [-0.25, -0.2) is 5.84 Å². The first-order valence-corrected chi connectivity index (χ1v) is 6.56. The molecule has 21 heavy (non-hydrogen) atoms. The van der Waals surface area contributed by atoms with Gasteiger partial charge in [0.1, 0.15) is 11.8 Å². The van der Waals surface area contributed by atoms with E-state index in [2.05, 4.69) is 5.23 Å². The summed E-state index contributed by atoms with van der Waals surface area (Å²) in [6.45, 7) is 3.53. The van der Waals surface area contributed by atoms with Gasteiger partial charge in [-0.05, 0) is 13.3 Å². The second-order valence-corrected chi connectivity index (χ2v) is 5.02. The van der Waals surface area contributed by atoms with Crippen LogP contribution in [0, 0.1) is 0 Å². The van der Waals surface area contributed by atoms with E-state index in [1.54, 1.807) is 6.82 Å². The molecule has 0 spiro atoms. The third-order valence-corrected chi connectivity index (χ3v) is 3.42. The van der Waals surface area contributed by atoms with Gasteiger partial charge in [-0.3, -0.25) is 9.59 Å². The molecule has 0 aromatic carbocycles. The standard InChI is InChI=1S/C11H20B2N5O3/c1-6(19)9-3-7(4-17(9)12)18(15)5-8(14)10(11(20)21)16-13-2/h5,7,9-10,16H,3-4,14-15H2,1-2H3,(H,20,21)/b8-5-. The minimum atomic E-state index is -1.11. The minimum absolute atomic E-state index is 0.0315. The summed E-state index contributed by atoms with van der Waals surface area (Å²) in [5, 5.41) is 13.0. The summed E-state index contributed by atoms with van der Waals surface area (Å²) in [7, 11) is 7.25. The van der Waals surface area contributed by atoms with Crippen LogP contribution in [0.5, 0.6) is 0 Å². The molecule has 0 amide bonds. The molecule has 1 saturated heterocycles. The summed E-state index contributed by atoms with van der Waals surface area (Å²) in [4.78, 5) is 23.9. The minimum Gasteiger partial charge on any atom is -0.480 e. The Hall–Kier alpha value is -1.51. The van der Waals surface area contributed by atoms with Crippen molar-refractivity contribution in [3.63, 3.8) is 0 Å². The first kappa shape index (κ1) is 17.5. The molecule has 0 saturated carbocycles. The molecule has 0 aromatic heterocycles. The Kier molecular flexibility index (Phi) is 6.25. The Bertz CT molecular complexity index is 434. The molecule has 113 valence electrons. The van der Waals surface area contributed by atoms with E-state index in [-0.39, 0.29) is 23.6 Å². The zero-order valence-electron chi connectivity index (χ0n) is 12.2. The zero-order valence-corrected chi connectivity index (χ0v) is 12.2. The fraction of sp³-hybridized carbons (Fsp3) is 0.636. The van der Waals surface area contributed by atoms with E-state index in [1.165, 1.54) is 30.4 Å². The monoisotopic (exact) mass is 292 g/mol. The molecule has 6 N–H and O–H groups in total. The molecular weight excluding hydrogens is 272 g/mol. The van der Waals surface area contributed by atoms with E-state index in [0.717, 1.165) is 0 Å². The van der Waals surface area contributed by atoms with Crippen LogP contribution in [0.1, 0.15) is 13.3 Å². The second-order valence-electron chi connectivity index (χ2n) is 5.02. The van der Waals surface area contributed by atoms with Gasteiger partial charge in [-0.15, -0.1) is 0 Å². The van der Waals surface area contributed by atoms with Gasteiger partial charge in [0.2, 0.25) is 7.41 Å². The van der Waals surface area contributed by atoms with Crippen molar-refractivity contribution in [3.05, 3.63) is 11.9 Å². The van der Waals surface area contributed by atoms with Gasteiger partial charge < -0.3 is 25.9 Å². The highest BCUT2D eigenvalue weighted by Crippen LogP contribution is 2.19. The fourth-order valence-corrected chi connectivity index (χ4v) is 2.28. The molecule has 0 aromatic rings. The van der Waals surface area contributed by atoms with Crippen LogP contribution in [0.3, 0.4) is 0 Å². The van der Waals surface area contributed by atoms with Crippen LogP contribution in [-0.2, 0) is 9.59 Å². The summed E-state index contributed by atoms with van der Waals surface area (Å²) in [6, 6.07) is -1.64. The molecule has 1 aliphatic rings. The number of carbonyl (C=O) groups is 2. The Morgan fingerprint density at radius 3 is 2.67 bits per heavy atom. The lowest BCUT2D eigenvalue weighted by molar-refractivity contribution is -0.138. The van der Waals surface area contributed by atoms with E-state index >= 15 is 0 Å². The molecular formula is C11H20B2N5O3. The van der Waals surface area contributed by atoms with Crippen molar-refractivity contribution in [2.24, 2.45) is 11.6 Å². The maximum absolute atomic E-state index is 11.4. The maximum Gasteiger partial charge on any atom is 0.325 e. The van der Waals surface area contributed by atoms with E-state index in [0.29, 0.717) is 13.0 Å². The van der Waals surface area contributed by atoms with Gasteiger partial charge in [-0.2, -0.15) is 0 Å². The van der Waals surface area contributed by atoms with Crippen LogP contribution in [0.2, 0.25) is 6.82 Å². The zero-order chi connectivity index (χ0) is 16.2. The number of nitrogens with two attached hydrogens (primary N) is 2. The lowest BCUT2D eigenvalue weighted by atomic mass is 9.97. The number of carboxylic acids is 1. The number of nitrogens with zero attached hydrogens (tertiary/aromatic N) is 2. The van der Waals surface area contributed by atoms with Crippen molar-refractivity contribution in [1.29, 1.82) is 0 Å². The van der Waals surface area contributed by atoms with Gasteiger partial charge in [0.05, 0.1) is 17.8 Å². The highest BCUT2D eigenvalue weighted by molar-refractivity contribution is 6.30. The molecule has 1 heterocycles. The van der Waals surface area contributed by atoms with Crippen LogP contribution in [-0.4, -0.2) is 66.7 Å². The van der Waals surface area contributed by atoms with Crippen LogP contribution in [0.15, 0.2) is 11.9 Å². The second kappa shape index (κ2) is 7.48. The Morgan fingerprint density at radius 1 is 1.62 bits per heavy atom. The molecule has 3 unspecified atom stereocenters. The molecule has 0 aliphatic carbocycles. The summed E-state index contributed by atoms with van der Waals surface area (Å²) in [5.74, 6) is 4.75. The van der Waals surface area contributed by atoms with Crippen LogP contribution < -0.4 is 16.8 Å². The third-order valence-electron chi connectivity index (χ3n) is 3.42. The lowest BCUT2D eigenvalue weighted by Crippen LogP contribution is -2.45. The number of hydrogen-bond acceptors (Lipinski definition) is 7. The smallest absolute Gasteiger partial charge is 0.325 e. The SMILES string of the molecule is [B]N1CC(N(N)/C=C(\N)C(N[B]C)C(=O)O)CC1C(C)=O. The summed E-state index contributed by atoms with van der Waals surface area (Å²) in [6.07, 6.45) is 1.83. The largest absolute Gasteiger partial charge is 0.480 e. The number of hydrogen-bond donors (Lipinski definition) is 4. The number of rotatable bonds is 7. The number of carboxylic acid groups (broad SMARTS) is 1. The number of Topliss-reactive ketones (excluding diaryl/α,β-unsaturated/α-hetero) is 1. The first-order valence-electron chi connectivity index (χ1n) is 6.56. The summed E-state index contributed by atoms with van der Waals surface area (Å²) >= 11 is 0. The van der Waals surface area contributed by atoms with Crippen LogP contribution in [0.25, 0.3) is 0 Å². The highest BCUT2D eigenvalue weighted by Gasteiger charge is 2.34. The number of ketones is 1. The molecule has 8 nitrogen and oxygen atoms in total. The van der Waals surface area contributed by atoms with Crippen molar-refractivity contribution >= 4 is 27.1 Å². The normalized spacial score (nSPS) is 24.6. The summed E-state index contributed by atoms with van der Waals surface area (Å²) < 4.78 is 0. The maximum atomic E-state index is 11.4. The molecule has 1 rings (SSSR count). The van der Waals surface area contributed by atoms with Crippen molar-refractivity contribution in [2.45, 2.75) is 38.3 Å². The molecule has 0 bridgehead atoms. The Balaban J connectivity index is 2.75. The number of aliphatic carboxylic acids is 1. The quantitative estimate of drug-likeness (QED) is 0.236. The fourth-order valence-electron chi connectivity index (χ4n) is 2.28. The van der Waals surface area contributed by atoms with Crippen molar-refractivity contribution in [2.75, 3.05) is 6.54 Å². The lowest BCUT2D eigenvalue weighted by Gasteiger charge is -2.24. The van der Waals surface area contributed by atoms with Crippen molar-refractivity contribution in [3.8, 4) is 0 Å². The van der Waals surface area contributed by atoms with Gasteiger partial charge in [0, 0.05) is 12.7 Å². The average Bonchev–Trinajstić information content (AvgIpc) is 2.77. The molecule has 10 heteroatoms. The third kappa shape index (κ3) is 4.48.